The average Bonchev–Trinajstić information content (AvgIpc) is 2.81. The number of carbonyl (C=O) groups excluding carboxylic acids is 1. The predicted octanol–water partition coefficient (Wildman–Crippen LogP) is 2.21. The maximum atomic E-state index is 12.1. The largest absolute Gasteiger partial charge is 0.348 e. The number of amides is 1. The number of nitrogens with one attached hydrogen (secondary N) is 2. The van der Waals surface area contributed by atoms with Gasteiger partial charge in [-0.3, -0.25) is 20.0 Å². The van der Waals surface area contributed by atoms with E-state index < -0.39 is 10.8 Å². The number of hydrogen-bond donors (Lipinski definition) is 2. The third-order valence-electron chi connectivity index (χ3n) is 2.79. The molecule has 0 aliphatic carbocycles. The molecule has 0 aliphatic rings. The van der Waals surface area contributed by atoms with Gasteiger partial charge in [0.05, 0.1) is 16.1 Å². The molecule has 0 aliphatic heterocycles. The molecule has 2 N–H and O–H groups in total. The molecular weight excluding hydrogens is 284 g/mol. The lowest BCUT2D eigenvalue weighted by Crippen LogP contribution is -2.24. The molecule has 0 unspecified atom stereocenters. The molecule has 8 heteroatoms. The molecule has 1 aromatic heterocycles. The van der Waals surface area contributed by atoms with E-state index >= 15 is 0 Å². The van der Waals surface area contributed by atoms with Gasteiger partial charge in [0.2, 0.25) is 0 Å². The van der Waals surface area contributed by atoms with Crippen molar-refractivity contribution in [1.82, 2.24) is 15.5 Å². The van der Waals surface area contributed by atoms with Crippen molar-refractivity contribution < 1.29 is 9.72 Å². The minimum Gasteiger partial charge on any atom is -0.348 e. The maximum absolute atomic E-state index is 12.1. The van der Waals surface area contributed by atoms with Crippen LogP contribution >= 0.6 is 11.6 Å². The van der Waals surface area contributed by atoms with E-state index in [0.717, 1.165) is 11.3 Å². The second-order valence-corrected chi connectivity index (χ2v) is 4.50. The summed E-state index contributed by atoms with van der Waals surface area (Å²) in [6, 6.07) is 4.11. The fourth-order valence-corrected chi connectivity index (χ4v) is 1.96. The summed E-state index contributed by atoms with van der Waals surface area (Å²) in [5.41, 5.74) is 1.16. The first-order chi connectivity index (χ1) is 9.50. The Kier molecular flexibility index (Phi) is 3.99. The van der Waals surface area contributed by atoms with Gasteiger partial charge >= 0.3 is 0 Å². The zero-order chi connectivity index (χ0) is 14.7. The molecule has 0 saturated carbocycles. The summed E-state index contributed by atoms with van der Waals surface area (Å²) in [7, 11) is 0. The first-order valence-corrected chi connectivity index (χ1v) is 6.08. The van der Waals surface area contributed by atoms with Crippen molar-refractivity contribution in [2.45, 2.75) is 13.5 Å². The van der Waals surface area contributed by atoms with Gasteiger partial charge in [-0.05, 0) is 13.0 Å². The lowest BCUT2D eigenvalue weighted by atomic mass is 10.1. The van der Waals surface area contributed by atoms with Gasteiger partial charge in [0.1, 0.15) is 5.56 Å². The standard InChI is InChI=1S/C12H11ClN4O3/c1-7-8(6-15-16-7)5-14-12(18)11-9(13)3-2-4-10(11)17(19)20/h2-4,6H,5H2,1H3,(H,14,18)(H,15,16). The molecule has 0 saturated heterocycles. The van der Waals surface area contributed by atoms with Crippen LogP contribution in [0.15, 0.2) is 24.4 Å². The molecule has 104 valence electrons. The highest BCUT2D eigenvalue weighted by Gasteiger charge is 2.23. The van der Waals surface area contributed by atoms with Crippen LogP contribution in [0.25, 0.3) is 0 Å². The highest BCUT2D eigenvalue weighted by atomic mass is 35.5. The number of aryl methyl sites for hydroxylation is 1. The Bertz CT molecular complexity index is 668. The smallest absolute Gasteiger partial charge is 0.283 e. The van der Waals surface area contributed by atoms with E-state index in [1.165, 1.54) is 18.2 Å². The zero-order valence-electron chi connectivity index (χ0n) is 10.5. The first-order valence-electron chi connectivity index (χ1n) is 5.70. The molecule has 0 fully saturated rings. The van der Waals surface area contributed by atoms with Gasteiger partial charge < -0.3 is 5.32 Å². The number of nitrogens with zero attached hydrogens (tertiary/aromatic N) is 2. The van der Waals surface area contributed by atoms with Crippen molar-refractivity contribution in [1.29, 1.82) is 0 Å². The molecule has 7 nitrogen and oxygen atoms in total. The molecule has 0 atom stereocenters. The first kappa shape index (κ1) is 14.0. The van der Waals surface area contributed by atoms with Crippen LogP contribution in [-0.4, -0.2) is 21.0 Å². The van der Waals surface area contributed by atoms with E-state index in [1.807, 2.05) is 6.92 Å². The number of halogens is 1. The van der Waals surface area contributed by atoms with Crippen molar-refractivity contribution in [2.24, 2.45) is 0 Å². The summed E-state index contributed by atoms with van der Waals surface area (Å²) < 4.78 is 0. The predicted molar refractivity (Wildman–Crippen MR) is 72.6 cm³/mol. The Morgan fingerprint density at radius 3 is 2.90 bits per heavy atom. The summed E-state index contributed by atoms with van der Waals surface area (Å²) in [5, 5.41) is 20.1. The van der Waals surface area contributed by atoms with E-state index in [9.17, 15) is 14.9 Å². The van der Waals surface area contributed by atoms with Crippen LogP contribution in [-0.2, 0) is 6.54 Å². The third kappa shape index (κ3) is 2.77. The normalized spacial score (nSPS) is 10.3. The summed E-state index contributed by atoms with van der Waals surface area (Å²) in [4.78, 5) is 22.3. The maximum Gasteiger partial charge on any atom is 0.283 e. The topological polar surface area (TPSA) is 101 Å². The molecule has 20 heavy (non-hydrogen) atoms. The van der Waals surface area contributed by atoms with Crippen molar-refractivity contribution in [2.75, 3.05) is 0 Å². The highest BCUT2D eigenvalue weighted by molar-refractivity contribution is 6.34. The van der Waals surface area contributed by atoms with Crippen LogP contribution in [0.3, 0.4) is 0 Å². The van der Waals surface area contributed by atoms with Crippen LogP contribution < -0.4 is 5.32 Å². The lowest BCUT2D eigenvalue weighted by molar-refractivity contribution is -0.385. The summed E-state index contributed by atoms with van der Waals surface area (Å²) in [5.74, 6) is -0.595. The van der Waals surface area contributed by atoms with Crippen molar-refractivity contribution in [3.05, 3.63) is 56.4 Å². The summed E-state index contributed by atoms with van der Waals surface area (Å²) in [6.07, 6.45) is 1.58. The minimum absolute atomic E-state index is 0.0422. The molecule has 0 radical (unpaired) electrons. The van der Waals surface area contributed by atoms with Gasteiger partial charge in [-0.25, -0.2) is 0 Å². The molecule has 1 amide bonds. The van der Waals surface area contributed by atoms with Crippen molar-refractivity contribution in [3.63, 3.8) is 0 Å². The Morgan fingerprint density at radius 2 is 2.30 bits per heavy atom. The number of H-pyrrole nitrogens is 1. The summed E-state index contributed by atoms with van der Waals surface area (Å²) >= 11 is 5.88. The number of nitro benzene ring substituents is 1. The average molecular weight is 295 g/mol. The fourth-order valence-electron chi connectivity index (χ4n) is 1.71. The molecule has 2 aromatic rings. The lowest BCUT2D eigenvalue weighted by Gasteiger charge is -2.06. The second kappa shape index (κ2) is 5.70. The number of aromatic nitrogens is 2. The highest BCUT2D eigenvalue weighted by Crippen LogP contribution is 2.26. The number of rotatable bonds is 4. The second-order valence-electron chi connectivity index (χ2n) is 4.09. The number of hydrogen-bond acceptors (Lipinski definition) is 4. The molecular formula is C12H11ClN4O3. The van der Waals surface area contributed by atoms with Gasteiger partial charge in [-0.2, -0.15) is 5.10 Å². The molecule has 1 heterocycles. The molecule has 2 rings (SSSR count). The Morgan fingerprint density at radius 1 is 1.55 bits per heavy atom. The van der Waals surface area contributed by atoms with Gasteiger partial charge in [0.15, 0.2) is 0 Å². The third-order valence-corrected chi connectivity index (χ3v) is 3.10. The minimum atomic E-state index is -0.635. The summed E-state index contributed by atoms with van der Waals surface area (Å²) in [6.45, 7) is 2.02. The van der Waals surface area contributed by atoms with Gasteiger partial charge in [-0.1, -0.05) is 17.7 Å². The Labute approximate surface area is 119 Å². The van der Waals surface area contributed by atoms with Crippen molar-refractivity contribution in [3.8, 4) is 0 Å². The van der Waals surface area contributed by atoms with E-state index in [0.29, 0.717) is 0 Å². The fraction of sp³-hybridized carbons (Fsp3) is 0.167. The number of carbonyl (C=O) groups is 1. The number of aromatic amines is 1. The number of benzene rings is 1. The molecule has 1 aromatic carbocycles. The van der Waals surface area contributed by atoms with E-state index in [-0.39, 0.29) is 22.8 Å². The SMILES string of the molecule is Cc1[nH]ncc1CNC(=O)c1c(Cl)cccc1[N+](=O)[O-]. The van der Waals surface area contributed by atoms with E-state index in [2.05, 4.69) is 15.5 Å². The van der Waals surface area contributed by atoms with Crippen LogP contribution in [0.5, 0.6) is 0 Å². The molecule has 0 spiro atoms. The van der Waals surface area contributed by atoms with Gasteiger partial charge in [0.25, 0.3) is 11.6 Å². The van der Waals surface area contributed by atoms with Crippen LogP contribution in [0.2, 0.25) is 5.02 Å². The monoisotopic (exact) mass is 294 g/mol. The van der Waals surface area contributed by atoms with Gasteiger partial charge in [0, 0.05) is 23.9 Å². The van der Waals surface area contributed by atoms with Crippen molar-refractivity contribution >= 4 is 23.2 Å². The van der Waals surface area contributed by atoms with Crippen LogP contribution in [0, 0.1) is 17.0 Å². The Hall–Kier alpha value is -2.41. The Balaban J connectivity index is 2.21. The number of nitro groups is 1. The van der Waals surface area contributed by atoms with Crippen LogP contribution in [0.4, 0.5) is 5.69 Å². The van der Waals surface area contributed by atoms with Crippen LogP contribution in [0.1, 0.15) is 21.6 Å². The molecule has 0 bridgehead atoms. The zero-order valence-corrected chi connectivity index (χ0v) is 11.3. The quantitative estimate of drug-likeness (QED) is 0.666. The van der Waals surface area contributed by atoms with E-state index in [1.54, 1.807) is 6.20 Å². The van der Waals surface area contributed by atoms with Gasteiger partial charge in [-0.15, -0.1) is 0 Å². The van der Waals surface area contributed by atoms with E-state index in [4.69, 9.17) is 11.6 Å².